The van der Waals surface area contributed by atoms with E-state index in [1.807, 2.05) is 0 Å². The van der Waals surface area contributed by atoms with Crippen LogP contribution in [0, 0.1) is 0 Å². The molecule has 0 amide bonds. The average Bonchev–Trinajstić information content (AvgIpc) is 3.19. The molecule has 7 heteroatoms. The monoisotopic (exact) mass is 340 g/mol. The molecule has 1 saturated heterocycles. The van der Waals surface area contributed by atoms with Gasteiger partial charge in [0.05, 0.1) is 11.4 Å². The van der Waals surface area contributed by atoms with E-state index in [9.17, 15) is 0 Å². The molecule has 6 nitrogen and oxygen atoms in total. The Morgan fingerprint density at radius 3 is 3.08 bits per heavy atom. The lowest BCUT2D eigenvalue weighted by molar-refractivity contribution is 0.195. The first-order valence-electron chi connectivity index (χ1n) is 8.48. The summed E-state index contributed by atoms with van der Waals surface area (Å²) in [5.41, 5.74) is 3.74. The summed E-state index contributed by atoms with van der Waals surface area (Å²) in [6, 6.07) is 2.80. The van der Waals surface area contributed by atoms with Gasteiger partial charge in [-0.15, -0.1) is 16.4 Å². The number of thiazole rings is 1. The second kappa shape index (κ2) is 5.53. The molecule has 0 bridgehead atoms. The Bertz CT molecular complexity index is 850. The molecule has 1 aliphatic carbocycles. The fourth-order valence-corrected chi connectivity index (χ4v) is 4.35. The first kappa shape index (κ1) is 14.4. The highest BCUT2D eigenvalue weighted by atomic mass is 32.1. The second-order valence-electron chi connectivity index (χ2n) is 6.83. The van der Waals surface area contributed by atoms with E-state index in [0.717, 1.165) is 48.9 Å². The molecule has 3 aromatic heterocycles. The Morgan fingerprint density at radius 1 is 1.29 bits per heavy atom. The molecule has 2 aliphatic rings. The van der Waals surface area contributed by atoms with Gasteiger partial charge in [0.25, 0.3) is 0 Å². The molecular weight excluding hydrogens is 320 g/mol. The Morgan fingerprint density at radius 2 is 2.21 bits per heavy atom. The molecule has 0 atom stereocenters. The van der Waals surface area contributed by atoms with Gasteiger partial charge in [0.15, 0.2) is 10.8 Å². The number of nitrogens with zero attached hydrogens (tertiary/aromatic N) is 6. The maximum atomic E-state index is 4.67. The normalized spacial score (nSPS) is 17.7. The Labute approximate surface area is 144 Å². The molecular formula is C17H20N6S. The first-order valence-corrected chi connectivity index (χ1v) is 9.36. The highest BCUT2D eigenvalue weighted by Crippen LogP contribution is 2.26. The minimum Gasteiger partial charge on any atom is -0.352 e. The van der Waals surface area contributed by atoms with Crippen molar-refractivity contribution in [1.29, 1.82) is 0 Å². The van der Waals surface area contributed by atoms with Crippen molar-refractivity contribution in [2.75, 3.05) is 25.0 Å². The van der Waals surface area contributed by atoms with Crippen molar-refractivity contribution >= 4 is 22.1 Å². The van der Waals surface area contributed by atoms with E-state index < -0.39 is 0 Å². The van der Waals surface area contributed by atoms with Gasteiger partial charge in [0.2, 0.25) is 0 Å². The van der Waals surface area contributed by atoms with Crippen molar-refractivity contribution in [2.24, 2.45) is 0 Å². The van der Waals surface area contributed by atoms with Crippen LogP contribution >= 0.6 is 11.3 Å². The van der Waals surface area contributed by atoms with Crippen molar-refractivity contribution in [3.8, 4) is 0 Å². The molecule has 0 unspecified atom stereocenters. The molecule has 5 rings (SSSR count). The van der Waals surface area contributed by atoms with Gasteiger partial charge in [-0.3, -0.25) is 9.30 Å². The summed E-state index contributed by atoms with van der Waals surface area (Å²) in [6.07, 6.45) is 7.67. The molecule has 0 radical (unpaired) electrons. The Hall–Kier alpha value is -1.99. The number of anilines is 1. The van der Waals surface area contributed by atoms with E-state index in [4.69, 9.17) is 0 Å². The van der Waals surface area contributed by atoms with E-state index >= 15 is 0 Å². The number of fused-ring (bicyclic) bond motifs is 2. The van der Waals surface area contributed by atoms with Crippen molar-refractivity contribution in [3.05, 3.63) is 40.8 Å². The van der Waals surface area contributed by atoms with Crippen LogP contribution in [0.25, 0.3) is 4.96 Å². The topological polar surface area (TPSA) is 49.6 Å². The summed E-state index contributed by atoms with van der Waals surface area (Å²) in [6.45, 7) is 2.93. The molecule has 0 spiro atoms. The molecule has 124 valence electrons. The number of aryl methyl sites for hydroxylation is 2. The molecule has 4 heterocycles. The van der Waals surface area contributed by atoms with Crippen molar-refractivity contribution in [3.63, 3.8) is 0 Å². The van der Waals surface area contributed by atoms with Crippen molar-refractivity contribution in [1.82, 2.24) is 24.5 Å². The van der Waals surface area contributed by atoms with Crippen LogP contribution in [0.5, 0.6) is 0 Å². The standard InChI is InChI=1S/C17H20N6S/c1-21(8-13-9-22-5-6-24-17(22)18-13)14-10-23(11-14)16-7-12-3-2-4-15(12)19-20-16/h5-7,9,14H,2-4,8,10-11H2,1H3. The van der Waals surface area contributed by atoms with Gasteiger partial charge in [-0.1, -0.05) is 0 Å². The lowest BCUT2D eigenvalue weighted by atomic mass is 10.1. The van der Waals surface area contributed by atoms with E-state index in [2.05, 4.69) is 60.3 Å². The van der Waals surface area contributed by atoms with Crippen LogP contribution in [0.1, 0.15) is 23.4 Å². The van der Waals surface area contributed by atoms with Gasteiger partial charge in [-0.25, -0.2) is 4.98 Å². The predicted molar refractivity (Wildman–Crippen MR) is 94.6 cm³/mol. The summed E-state index contributed by atoms with van der Waals surface area (Å²) in [5.74, 6) is 1.04. The van der Waals surface area contributed by atoms with Crippen LogP contribution in [0.2, 0.25) is 0 Å². The molecule has 0 N–H and O–H groups in total. The number of likely N-dealkylation sites (N-methyl/N-ethyl adjacent to an activating group) is 1. The van der Waals surface area contributed by atoms with Crippen molar-refractivity contribution in [2.45, 2.75) is 31.8 Å². The highest BCUT2D eigenvalue weighted by Gasteiger charge is 2.32. The number of rotatable bonds is 4. The van der Waals surface area contributed by atoms with Gasteiger partial charge in [-0.2, -0.15) is 5.10 Å². The lowest BCUT2D eigenvalue weighted by Crippen LogP contribution is -2.58. The minimum absolute atomic E-state index is 0.555. The largest absolute Gasteiger partial charge is 0.352 e. The van der Waals surface area contributed by atoms with E-state index in [1.54, 1.807) is 11.3 Å². The fraction of sp³-hybridized carbons (Fsp3) is 0.471. The average molecular weight is 340 g/mol. The van der Waals surface area contributed by atoms with Gasteiger partial charge < -0.3 is 4.90 Å². The zero-order chi connectivity index (χ0) is 16.1. The number of aromatic nitrogens is 4. The predicted octanol–water partition coefficient (Wildman–Crippen LogP) is 2.00. The van der Waals surface area contributed by atoms with E-state index in [1.165, 1.54) is 17.7 Å². The summed E-state index contributed by atoms with van der Waals surface area (Å²) >= 11 is 1.68. The zero-order valence-corrected chi connectivity index (χ0v) is 14.5. The first-order chi connectivity index (χ1) is 11.8. The van der Waals surface area contributed by atoms with Crippen LogP contribution in [0.15, 0.2) is 23.8 Å². The number of imidazole rings is 1. The molecule has 0 aromatic carbocycles. The van der Waals surface area contributed by atoms with Gasteiger partial charge in [0, 0.05) is 43.4 Å². The third kappa shape index (κ3) is 2.39. The molecule has 1 fully saturated rings. The zero-order valence-electron chi connectivity index (χ0n) is 13.7. The summed E-state index contributed by atoms with van der Waals surface area (Å²) in [4.78, 5) is 10.5. The molecule has 3 aromatic rings. The number of hydrogen-bond donors (Lipinski definition) is 0. The summed E-state index contributed by atoms with van der Waals surface area (Å²) < 4.78 is 2.10. The minimum atomic E-state index is 0.555. The third-order valence-electron chi connectivity index (χ3n) is 5.17. The fourth-order valence-electron chi connectivity index (χ4n) is 3.63. The molecule has 24 heavy (non-hydrogen) atoms. The lowest BCUT2D eigenvalue weighted by Gasteiger charge is -2.44. The maximum absolute atomic E-state index is 4.67. The van der Waals surface area contributed by atoms with Gasteiger partial charge in [0.1, 0.15) is 0 Å². The van der Waals surface area contributed by atoms with E-state index in [0.29, 0.717) is 6.04 Å². The smallest absolute Gasteiger partial charge is 0.193 e. The maximum Gasteiger partial charge on any atom is 0.193 e. The highest BCUT2D eigenvalue weighted by molar-refractivity contribution is 7.15. The van der Waals surface area contributed by atoms with E-state index in [-0.39, 0.29) is 0 Å². The third-order valence-corrected chi connectivity index (χ3v) is 5.94. The Kier molecular flexibility index (Phi) is 3.31. The summed E-state index contributed by atoms with van der Waals surface area (Å²) in [5, 5.41) is 10.9. The quantitative estimate of drug-likeness (QED) is 0.727. The SMILES string of the molecule is CN(Cc1cn2ccsc2n1)C1CN(c2cc3c(nn2)CCC3)C1. The van der Waals surface area contributed by atoms with Crippen LogP contribution in [-0.4, -0.2) is 50.7 Å². The molecule has 0 saturated carbocycles. The number of hydrogen-bond acceptors (Lipinski definition) is 6. The van der Waals surface area contributed by atoms with Gasteiger partial charge in [-0.05, 0) is 37.9 Å². The Balaban J connectivity index is 1.22. The van der Waals surface area contributed by atoms with Crippen molar-refractivity contribution < 1.29 is 0 Å². The summed E-state index contributed by atoms with van der Waals surface area (Å²) in [7, 11) is 2.18. The van der Waals surface area contributed by atoms with Gasteiger partial charge >= 0.3 is 0 Å². The van der Waals surface area contributed by atoms with Crippen LogP contribution in [0.3, 0.4) is 0 Å². The second-order valence-corrected chi connectivity index (χ2v) is 7.70. The molecule has 1 aliphatic heterocycles. The van der Waals surface area contributed by atoms with Crippen LogP contribution in [0.4, 0.5) is 5.82 Å². The van der Waals surface area contributed by atoms with Crippen LogP contribution < -0.4 is 4.90 Å². The van der Waals surface area contributed by atoms with Crippen LogP contribution in [-0.2, 0) is 19.4 Å².